The summed E-state index contributed by atoms with van der Waals surface area (Å²) in [7, 11) is 0. The molecule has 84 valence electrons. The van der Waals surface area contributed by atoms with Gasteiger partial charge in [0.25, 0.3) is 0 Å². The van der Waals surface area contributed by atoms with Gasteiger partial charge in [-0.15, -0.1) is 0 Å². The summed E-state index contributed by atoms with van der Waals surface area (Å²) in [6, 6.07) is 0. The third-order valence-electron chi connectivity index (χ3n) is 2.75. The fourth-order valence-electron chi connectivity index (χ4n) is 1.88. The maximum absolute atomic E-state index is 9.75. The molecule has 0 radical (unpaired) electrons. The molecule has 1 N–H and O–H groups in total. The van der Waals surface area contributed by atoms with Gasteiger partial charge in [0, 0.05) is 6.61 Å². The van der Waals surface area contributed by atoms with E-state index in [-0.39, 0.29) is 0 Å². The highest BCUT2D eigenvalue weighted by molar-refractivity contribution is 6.99. The van der Waals surface area contributed by atoms with Gasteiger partial charge in [0.2, 0.25) is 0 Å². The Kier molecular flexibility index (Phi) is 4.05. The summed E-state index contributed by atoms with van der Waals surface area (Å²) >= 11 is 1.14. The predicted molar refractivity (Wildman–Crippen MR) is 57.7 cm³/mol. The molecule has 1 fully saturated rings. The molecule has 4 nitrogen and oxygen atoms in total. The lowest BCUT2D eigenvalue weighted by Crippen LogP contribution is -2.06. The average molecular weight is 228 g/mol. The van der Waals surface area contributed by atoms with Gasteiger partial charge in [-0.2, -0.15) is 8.75 Å². The van der Waals surface area contributed by atoms with Gasteiger partial charge in [-0.25, -0.2) is 0 Å². The topological polar surface area (TPSA) is 55.2 Å². The Morgan fingerprint density at radius 2 is 2.60 bits per heavy atom. The highest BCUT2D eigenvalue weighted by Crippen LogP contribution is 2.22. The van der Waals surface area contributed by atoms with Gasteiger partial charge in [-0.3, -0.25) is 0 Å². The summed E-state index contributed by atoms with van der Waals surface area (Å²) in [4.78, 5) is 0. The number of ether oxygens (including phenoxy) is 1. The molecule has 0 aliphatic carbocycles. The van der Waals surface area contributed by atoms with Crippen LogP contribution in [0, 0.1) is 0 Å². The molecule has 2 heterocycles. The normalized spacial score (nSPS) is 23.1. The third kappa shape index (κ3) is 3.22. The van der Waals surface area contributed by atoms with Crippen LogP contribution in [0.15, 0.2) is 6.20 Å². The van der Waals surface area contributed by atoms with Crippen LogP contribution in [0.25, 0.3) is 0 Å². The molecular weight excluding hydrogens is 212 g/mol. The van der Waals surface area contributed by atoms with Gasteiger partial charge >= 0.3 is 0 Å². The average Bonchev–Trinajstić information content (AvgIpc) is 2.90. The lowest BCUT2D eigenvalue weighted by Gasteiger charge is -2.10. The van der Waals surface area contributed by atoms with Crippen LogP contribution in [0.4, 0.5) is 0 Å². The molecule has 1 aromatic rings. The minimum absolute atomic E-state index is 0.422. The summed E-state index contributed by atoms with van der Waals surface area (Å²) in [5, 5.41) is 9.75. The summed E-state index contributed by atoms with van der Waals surface area (Å²) < 4.78 is 13.4. The van der Waals surface area contributed by atoms with Crippen molar-refractivity contribution in [3.63, 3.8) is 0 Å². The van der Waals surface area contributed by atoms with Crippen molar-refractivity contribution in [2.75, 3.05) is 6.61 Å². The van der Waals surface area contributed by atoms with Gasteiger partial charge < -0.3 is 9.84 Å². The van der Waals surface area contributed by atoms with E-state index in [4.69, 9.17) is 4.74 Å². The second kappa shape index (κ2) is 5.53. The van der Waals surface area contributed by atoms with Crippen molar-refractivity contribution >= 4 is 11.7 Å². The second-order valence-corrected chi connectivity index (χ2v) is 4.47. The second-order valence-electron chi connectivity index (χ2n) is 3.91. The zero-order valence-electron chi connectivity index (χ0n) is 8.63. The van der Waals surface area contributed by atoms with Crippen LogP contribution in [0.2, 0.25) is 0 Å². The summed E-state index contributed by atoms with van der Waals surface area (Å²) in [5.74, 6) is 0. The maximum atomic E-state index is 9.75. The van der Waals surface area contributed by atoms with Crippen molar-refractivity contribution in [2.24, 2.45) is 0 Å². The Bertz CT molecular complexity index is 273. The molecule has 1 aromatic heterocycles. The van der Waals surface area contributed by atoms with Gasteiger partial charge in [-0.05, 0) is 32.1 Å². The Morgan fingerprint density at radius 1 is 1.67 bits per heavy atom. The zero-order valence-corrected chi connectivity index (χ0v) is 9.45. The van der Waals surface area contributed by atoms with Gasteiger partial charge in [0.05, 0.1) is 30.1 Å². The van der Waals surface area contributed by atoms with E-state index in [2.05, 4.69) is 8.75 Å². The number of hydrogen-bond acceptors (Lipinski definition) is 5. The van der Waals surface area contributed by atoms with E-state index >= 15 is 0 Å². The van der Waals surface area contributed by atoms with Crippen LogP contribution in [0.3, 0.4) is 0 Å². The Hall–Kier alpha value is -0.520. The van der Waals surface area contributed by atoms with Crippen LogP contribution < -0.4 is 0 Å². The standard InChI is InChI=1S/C10H16N2O2S/c13-10(9-7-11-15-12-9)5-1-3-8-4-2-6-14-8/h7-8,10,13H,1-6H2. The van der Waals surface area contributed by atoms with Crippen molar-refractivity contribution in [2.45, 2.75) is 44.3 Å². The zero-order chi connectivity index (χ0) is 10.5. The summed E-state index contributed by atoms with van der Waals surface area (Å²) in [5.41, 5.74) is 0.701. The highest BCUT2D eigenvalue weighted by Gasteiger charge is 2.16. The lowest BCUT2D eigenvalue weighted by molar-refractivity contribution is 0.0940. The molecule has 0 saturated carbocycles. The fraction of sp³-hybridized carbons (Fsp3) is 0.800. The smallest absolute Gasteiger partial charge is 0.103 e. The van der Waals surface area contributed by atoms with Crippen LogP contribution in [-0.4, -0.2) is 26.6 Å². The minimum atomic E-state index is -0.454. The molecule has 15 heavy (non-hydrogen) atoms. The number of hydrogen-bond donors (Lipinski definition) is 1. The van der Waals surface area contributed by atoms with Gasteiger partial charge in [0.1, 0.15) is 5.69 Å². The monoisotopic (exact) mass is 228 g/mol. The van der Waals surface area contributed by atoms with E-state index in [1.54, 1.807) is 6.20 Å². The first-order valence-electron chi connectivity index (χ1n) is 5.43. The van der Waals surface area contributed by atoms with E-state index < -0.39 is 6.10 Å². The van der Waals surface area contributed by atoms with E-state index in [0.717, 1.165) is 37.6 Å². The predicted octanol–water partition coefficient (Wildman–Crippen LogP) is 1.92. The van der Waals surface area contributed by atoms with E-state index in [1.807, 2.05) is 0 Å². The van der Waals surface area contributed by atoms with Crippen molar-refractivity contribution < 1.29 is 9.84 Å². The molecule has 0 spiro atoms. The molecule has 0 bridgehead atoms. The Morgan fingerprint density at radius 3 is 3.27 bits per heavy atom. The van der Waals surface area contributed by atoms with Crippen molar-refractivity contribution in [1.29, 1.82) is 0 Å². The quantitative estimate of drug-likeness (QED) is 0.836. The number of nitrogens with zero attached hydrogens (tertiary/aromatic N) is 2. The van der Waals surface area contributed by atoms with Gasteiger partial charge in [0.15, 0.2) is 0 Å². The SMILES string of the molecule is OC(CCCC1CCCO1)c1cnsn1. The largest absolute Gasteiger partial charge is 0.387 e. The first-order chi connectivity index (χ1) is 7.36. The van der Waals surface area contributed by atoms with Crippen molar-refractivity contribution in [3.05, 3.63) is 11.9 Å². The first kappa shape index (κ1) is 11.0. The molecule has 1 saturated heterocycles. The summed E-state index contributed by atoms with van der Waals surface area (Å²) in [6.45, 7) is 0.906. The van der Waals surface area contributed by atoms with Crippen LogP contribution in [0.5, 0.6) is 0 Å². The van der Waals surface area contributed by atoms with E-state index in [9.17, 15) is 5.11 Å². The van der Waals surface area contributed by atoms with Crippen LogP contribution >= 0.6 is 11.7 Å². The molecule has 1 aliphatic heterocycles. The van der Waals surface area contributed by atoms with Crippen LogP contribution in [0.1, 0.15) is 43.9 Å². The number of aliphatic hydroxyl groups excluding tert-OH is 1. The Balaban J connectivity index is 1.65. The molecule has 1 aliphatic rings. The molecule has 2 unspecified atom stereocenters. The highest BCUT2D eigenvalue weighted by atomic mass is 32.1. The van der Waals surface area contributed by atoms with Crippen molar-refractivity contribution in [1.82, 2.24) is 8.75 Å². The molecule has 0 amide bonds. The van der Waals surface area contributed by atoms with Gasteiger partial charge in [-0.1, -0.05) is 0 Å². The fourth-order valence-corrected chi connectivity index (χ4v) is 2.34. The number of aliphatic hydroxyl groups is 1. The molecule has 5 heteroatoms. The van der Waals surface area contributed by atoms with E-state index in [1.165, 1.54) is 12.8 Å². The minimum Gasteiger partial charge on any atom is -0.387 e. The first-order valence-corrected chi connectivity index (χ1v) is 6.16. The van der Waals surface area contributed by atoms with Crippen molar-refractivity contribution in [3.8, 4) is 0 Å². The molecule has 2 rings (SSSR count). The van der Waals surface area contributed by atoms with Crippen LogP contribution in [-0.2, 0) is 4.74 Å². The number of rotatable bonds is 5. The number of aromatic nitrogens is 2. The Labute approximate surface area is 93.6 Å². The van der Waals surface area contributed by atoms with E-state index in [0.29, 0.717) is 11.8 Å². The molecule has 2 atom stereocenters. The third-order valence-corrected chi connectivity index (χ3v) is 3.24. The summed E-state index contributed by atoms with van der Waals surface area (Å²) in [6.07, 6.45) is 6.76. The maximum Gasteiger partial charge on any atom is 0.103 e. The molecular formula is C10H16N2O2S. The lowest BCUT2D eigenvalue weighted by atomic mass is 10.1. The molecule has 0 aromatic carbocycles.